The number of carbonyl (C=O) groups excluding carboxylic acids is 1. The van der Waals surface area contributed by atoms with E-state index in [1.54, 1.807) is 6.20 Å². The van der Waals surface area contributed by atoms with Crippen LogP contribution in [0.3, 0.4) is 0 Å². The molecule has 214 valence electrons. The molecule has 2 heterocycles. The highest BCUT2D eigenvalue weighted by molar-refractivity contribution is 5.96. The van der Waals surface area contributed by atoms with Crippen LogP contribution < -0.4 is 16.0 Å². The molecule has 1 atom stereocenters. The number of pyridine rings is 1. The lowest BCUT2D eigenvalue weighted by molar-refractivity contribution is -0.192. The molecule has 2 aromatic carbocycles. The topological polar surface area (TPSA) is 129 Å². The number of alkyl halides is 3. The molecule has 1 amide bonds. The molecule has 9 nitrogen and oxygen atoms in total. The van der Waals surface area contributed by atoms with Crippen LogP contribution in [0.4, 0.5) is 30.6 Å². The maximum Gasteiger partial charge on any atom is 0.490 e. The predicted molar refractivity (Wildman–Crippen MR) is 150 cm³/mol. The molecule has 0 aliphatic rings. The second kappa shape index (κ2) is 15.0. The van der Waals surface area contributed by atoms with Crippen molar-refractivity contribution in [3.8, 4) is 0 Å². The predicted octanol–water partition coefficient (Wildman–Crippen LogP) is 5.13. The normalized spacial score (nSPS) is 11.4. The number of nitrogens with one attached hydrogen (secondary N) is 3. The van der Waals surface area contributed by atoms with Gasteiger partial charge in [-0.1, -0.05) is 54.6 Å². The van der Waals surface area contributed by atoms with Gasteiger partial charge in [-0.15, -0.1) is 0 Å². The van der Waals surface area contributed by atoms with E-state index in [1.807, 2.05) is 92.0 Å². The van der Waals surface area contributed by atoms with Crippen LogP contribution in [0, 0.1) is 6.92 Å². The molecule has 0 radical (unpaired) electrons. The van der Waals surface area contributed by atoms with Gasteiger partial charge < -0.3 is 21.1 Å². The Balaban J connectivity index is 0.000000587. The second-order valence-electron chi connectivity index (χ2n) is 8.80. The molecule has 0 bridgehead atoms. The number of carboxylic acid groups (broad SMARTS) is 1. The van der Waals surface area contributed by atoms with E-state index < -0.39 is 18.2 Å². The summed E-state index contributed by atoms with van der Waals surface area (Å²) in [4.78, 5) is 35.3. The Labute approximate surface area is 234 Å². The van der Waals surface area contributed by atoms with Gasteiger partial charge in [-0.3, -0.25) is 9.78 Å². The number of hydrogen-bond donors (Lipinski definition) is 4. The largest absolute Gasteiger partial charge is 0.490 e. The Morgan fingerprint density at radius 2 is 1.56 bits per heavy atom. The standard InChI is InChI=1S/C27H28N6O.C2HF3O2/c1-20-17-25(33-27(30-20)29-16-14-22-11-8-15-28-19-22)32-24(18-21-9-4-2-5-10-21)26(34)31-23-12-6-3-7-13-23;3-2(4,5)1(6)7/h2-13,15,17,19,24H,14,16,18H2,1H3,(H,31,34)(H2,29,30,32,33);(H,6,7)/t24-;/m0./s1. The fraction of sp³-hybridized carbons (Fsp3) is 0.207. The molecule has 12 heteroatoms. The number of rotatable bonds is 10. The minimum Gasteiger partial charge on any atom is -0.475 e. The van der Waals surface area contributed by atoms with Crippen LogP contribution in [0.5, 0.6) is 0 Å². The third-order valence-corrected chi connectivity index (χ3v) is 5.48. The fourth-order valence-electron chi connectivity index (χ4n) is 3.57. The van der Waals surface area contributed by atoms with Crippen molar-refractivity contribution in [2.45, 2.75) is 32.0 Å². The summed E-state index contributed by atoms with van der Waals surface area (Å²) in [6.45, 7) is 2.59. The van der Waals surface area contributed by atoms with Crippen molar-refractivity contribution in [3.63, 3.8) is 0 Å². The van der Waals surface area contributed by atoms with Crippen LogP contribution in [0.2, 0.25) is 0 Å². The fourth-order valence-corrected chi connectivity index (χ4v) is 3.57. The van der Waals surface area contributed by atoms with Gasteiger partial charge in [-0.05, 0) is 42.7 Å². The quantitative estimate of drug-likeness (QED) is 0.208. The van der Waals surface area contributed by atoms with Crippen LogP contribution in [0.25, 0.3) is 0 Å². The van der Waals surface area contributed by atoms with Gasteiger partial charge in [-0.25, -0.2) is 9.78 Å². The molecule has 0 aliphatic carbocycles. The highest BCUT2D eigenvalue weighted by Gasteiger charge is 2.38. The smallest absolute Gasteiger partial charge is 0.475 e. The summed E-state index contributed by atoms with van der Waals surface area (Å²) in [5.74, 6) is -1.77. The van der Waals surface area contributed by atoms with Gasteiger partial charge in [-0.2, -0.15) is 18.2 Å². The lowest BCUT2D eigenvalue weighted by Gasteiger charge is -2.20. The molecule has 4 aromatic rings. The van der Waals surface area contributed by atoms with E-state index in [0.29, 0.717) is 24.7 Å². The summed E-state index contributed by atoms with van der Waals surface area (Å²) >= 11 is 0. The number of aryl methyl sites for hydroxylation is 1. The molecule has 4 N–H and O–H groups in total. The average Bonchev–Trinajstić information content (AvgIpc) is 2.94. The third-order valence-electron chi connectivity index (χ3n) is 5.48. The lowest BCUT2D eigenvalue weighted by Crippen LogP contribution is -2.37. The number of carbonyl (C=O) groups is 2. The highest BCUT2D eigenvalue weighted by atomic mass is 19.4. The first-order valence-electron chi connectivity index (χ1n) is 12.5. The summed E-state index contributed by atoms with van der Waals surface area (Å²) in [6, 6.07) is 24.7. The first kappa shape index (κ1) is 30.5. The number of aromatic nitrogens is 3. The maximum absolute atomic E-state index is 13.2. The van der Waals surface area contributed by atoms with Crippen molar-refractivity contribution in [2.75, 3.05) is 22.5 Å². The van der Waals surface area contributed by atoms with E-state index in [9.17, 15) is 18.0 Å². The molecular weight excluding hydrogens is 537 g/mol. The van der Waals surface area contributed by atoms with Crippen molar-refractivity contribution in [2.24, 2.45) is 0 Å². The number of para-hydroxylation sites is 1. The lowest BCUT2D eigenvalue weighted by atomic mass is 10.0. The van der Waals surface area contributed by atoms with Gasteiger partial charge in [0.1, 0.15) is 11.9 Å². The Morgan fingerprint density at radius 1 is 0.927 bits per heavy atom. The van der Waals surface area contributed by atoms with Crippen molar-refractivity contribution in [1.29, 1.82) is 0 Å². The van der Waals surface area contributed by atoms with E-state index in [4.69, 9.17) is 9.90 Å². The molecule has 4 rings (SSSR count). The number of carboxylic acids is 1. The van der Waals surface area contributed by atoms with Crippen LogP contribution in [0.1, 0.15) is 16.8 Å². The Hall–Kier alpha value is -5.00. The number of halogens is 3. The number of nitrogens with zero attached hydrogens (tertiary/aromatic N) is 3. The van der Waals surface area contributed by atoms with Crippen LogP contribution in [0.15, 0.2) is 91.3 Å². The highest BCUT2D eigenvalue weighted by Crippen LogP contribution is 2.16. The molecule has 0 unspecified atom stereocenters. The molecule has 0 aliphatic heterocycles. The van der Waals surface area contributed by atoms with Crippen molar-refractivity contribution in [3.05, 3.63) is 108 Å². The van der Waals surface area contributed by atoms with Crippen molar-refractivity contribution < 1.29 is 27.9 Å². The van der Waals surface area contributed by atoms with Crippen molar-refractivity contribution >= 4 is 29.3 Å². The van der Waals surface area contributed by atoms with Gasteiger partial charge in [0.2, 0.25) is 11.9 Å². The summed E-state index contributed by atoms with van der Waals surface area (Å²) in [5, 5.41) is 16.7. The van der Waals surface area contributed by atoms with Gasteiger partial charge in [0.05, 0.1) is 0 Å². The van der Waals surface area contributed by atoms with E-state index >= 15 is 0 Å². The molecule has 0 saturated heterocycles. The summed E-state index contributed by atoms with van der Waals surface area (Å²) in [6.07, 6.45) is -0.139. The number of amides is 1. The summed E-state index contributed by atoms with van der Waals surface area (Å²) in [5.41, 5.74) is 3.76. The van der Waals surface area contributed by atoms with Crippen molar-refractivity contribution in [1.82, 2.24) is 15.0 Å². The van der Waals surface area contributed by atoms with E-state index in [0.717, 1.165) is 28.9 Å². The molecule has 2 aromatic heterocycles. The minimum absolute atomic E-state index is 0.127. The average molecular weight is 567 g/mol. The number of benzene rings is 2. The zero-order chi connectivity index (χ0) is 29.7. The zero-order valence-corrected chi connectivity index (χ0v) is 22.1. The zero-order valence-electron chi connectivity index (χ0n) is 22.1. The molecular formula is C29H29F3N6O3. The number of hydrogen-bond acceptors (Lipinski definition) is 7. The Morgan fingerprint density at radius 3 is 2.17 bits per heavy atom. The number of anilines is 3. The first-order valence-corrected chi connectivity index (χ1v) is 12.5. The Kier molecular flexibility index (Phi) is 11.1. The van der Waals surface area contributed by atoms with E-state index in [1.165, 1.54) is 0 Å². The van der Waals surface area contributed by atoms with Gasteiger partial charge >= 0.3 is 12.1 Å². The third kappa shape index (κ3) is 10.9. The molecule has 41 heavy (non-hydrogen) atoms. The van der Waals surface area contributed by atoms with Gasteiger partial charge in [0, 0.05) is 42.8 Å². The van der Waals surface area contributed by atoms with Crippen LogP contribution >= 0.6 is 0 Å². The molecule has 0 spiro atoms. The monoisotopic (exact) mass is 566 g/mol. The van der Waals surface area contributed by atoms with E-state index in [-0.39, 0.29) is 5.91 Å². The SMILES string of the molecule is Cc1cc(N[C@@H](Cc2ccccc2)C(=O)Nc2ccccc2)nc(NCCc2cccnc2)n1.O=C(O)C(F)(F)F. The Bertz CT molecular complexity index is 1390. The number of aliphatic carboxylic acids is 1. The van der Waals surface area contributed by atoms with Gasteiger partial charge in [0.25, 0.3) is 0 Å². The molecule has 0 saturated carbocycles. The summed E-state index contributed by atoms with van der Waals surface area (Å²) < 4.78 is 31.7. The van der Waals surface area contributed by atoms with E-state index in [2.05, 4.69) is 30.9 Å². The van der Waals surface area contributed by atoms with Crippen LogP contribution in [-0.2, 0) is 22.4 Å². The van der Waals surface area contributed by atoms with Crippen LogP contribution in [-0.4, -0.2) is 50.7 Å². The summed E-state index contributed by atoms with van der Waals surface area (Å²) in [7, 11) is 0. The molecule has 0 fully saturated rings. The first-order chi connectivity index (χ1) is 19.6. The second-order valence-corrected chi connectivity index (χ2v) is 8.80. The maximum atomic E-state index is 13.2. The van der Waals surface area contributed by atoms with Gasteiger partial charge in [0.15, 0.2) is 0 Å². The minimum atomic E-state index is -5.08.